The van der Waals surface area contributed by atoms with E-state index in [2.05, 4.69) is 65.7 Å². The molecule has 1 aromatic heterocycles. The zero-order chi connectivity index (χ0) is 21.7. The van der Waals surface area contributed by atoms with Crippen LogP contribution in [-0.4, -0.2) is 38.1 Å². The molecule has 1 fully saturated rings. The van der Waals surface area contributed by atoms with Gasteiger partial charge in [-0.2, -0.15) is 0 Å². The lowest BCUT2D eigenvalue weighted by Crippen LogP contribution is -2.42. The molecule has 0 saturated carbocycles. The van der Waals surface area contributed by atoms with Gasteiger partial charge in [-0.3, -0.25) is 0 Å². The molecule has 0 N–H and O–H groups in total. The molecular weight excluding hydrogens is 398 g/mol. The van der Waals surface area contributed by atoms with Crippen molar-refractivity contribution >= 4 is 20.1 Å². The Morgan fingerprint density at radius 1 is 1.24 bits per heavy atom. The summed E-state index contributed by atoms with van der Waals surface area (Å²) in [4.78, 5) is 4.41. The molecule has 1 aliphatic rings. The van der Waals surface area contributed by atoms with Gasteiger partial charge in [0.05, 0.1) is 23.5 Å². The Kier molecular flexibility index (Phi) is 8.42. The standard InChI is InChI=1S/C23H39NO3SSi/c1-22(2,3)19(27-29(7,8)23(4,5)6)14-17-25-18-12-11-16-26-21(18)28-20-13-9-10-15-24-20/h9-10,13-15,18,21H,11-12,16-17H2,1-8H3/b19-14+/t18-,21+/m1/s1. The van der Waals surface area contributed by atoms with Crippen molar-refractivity contribution in [3.8, 4) is 0 Å². The summed E-state index contributed by atoms with van der Waals surface area (Å²) in [5.41, 5.74) is -0.0733. The van der Waals surface area contributed by atoms with Crippen molar-refractivity contribution in [3.63, 3.8) is 0 Å². The van der Waals surface area contributed by atoms with E-state index in [-0.39, 0.29) is 22.0 Å². The Bertz CT molecular complexity index is 665. The van der Waals surface area contributed by atoms with Gasteiger partial charge in [0.25, 0.3) is 0 Å². The summed E-state index contributed by atoms with van der Waals surface area (Å²) in [6.07, 6.45) is 6.04. The highest BCUT2D eigenvalue weighted by atomic mass is 32.2. The number of hydrogen-bond acceptors (Lipinski definition) is 5. The molecule has 4 nitrogen and oxygen atoms in total. The lowest BCUT2D eigenvalue weighted by molar-refractivity contribution is -0.0590. The largest absolute Gasteiger partial charge is 0.546 e. The van der Waals surface area contributed by atoms with Gasteiger partial charge in [-0.15, -0.1) is 0 Å². The highest BCUT2D eigenvalue weighted by Gasteiger charge is 2.41. The van der Waals surface area contributed by atoms with Crippen molar-refractivity contribution in [1.82, 2.24) is 4.98 Å². The molecule has 164 valence electrons. The van der Waals surface area contributed by atoms with Gasteiger partial charge in [-0.05, 0) is 49.2 Å². The third-order valence-electron chi connectivity index (χ3n) is 5.58. The summed E-state index contributed by atoms with van der Waals surface area (Å²) < 4.78 is 18.9. The van der Waals surface area contributed by atoms with Gasteiger partial charge in [-0.1, -0.05) is 59.4 Å². The molecule has 0 amide bonds. The topological polar surface area (TPSA) is 40.6 Å². The van der Waals surface area contributed by atoms with E-state index in [1.165, 1.54) is 0 Å². The van der Waals surface area contributed by atoms with Crippen LogP contribution in [0.5, 0.6) is 0 Å². The first kappa shape index (κ1) is 24.4. The third-order valence-corrected chi connectivity index (χ3v) is 11.1. The van der Waals surface area contributed by atoms with Crippen LogP contribution < -0.4 is 0 Å². The van der Waals surface area contributed by atoms with Crippen LogP contribution in [0.4, 0.5) is 0 Å². The Morgan fingerprint density at radius 3 is 2.55 bits per heavy atom. The van der Waals surface area contributed by atoms with Gasteiger partial charge in [0.1, 0.15) is 5.44 Å². The predicted octanol–water partition coefficient (Wildman–Crippen LogP) is 6.65. The minimum absolute atomic E-state index is 0.0218. The number of aromatic nitrogens is 1. The van der Waals surface area contributed by atoms with Crippen molar-refractivity contribution in [2.75, 3.05) is 13.2 Å². The molecule has 0 aliphatic carbocycles. The Hall–Kier alpha value is -0.823. The smallest absolute Gasteiger partial charge is 0.250 e. The molecule has 2 atom stereocenters. The van der Waals surface area contributed by atoms with Crippen LogP contribution in [0.1, 0.15) is 54.4 Å². The quantitative estimate of drug-likeness (QED) is 0.353. The van der Waals surface area contributed by atoms with Crippen LogP contribution in [0, 0.1) is 5.41 Å². The van der Waals surface area contributed by atoms with E-state index in [0.717, 1.165) is 30.2 Å². The Balaban J connectivity index is 2.04. The summed E-state index contributed by atoms with van der Waals surface area (Å²) in [6, 6.07) is 5.95. The number of ether oxygens (including phenoxy) is 2. The monoisotopic (exact) mass is 437 g/mol. The maximum absolute atomic E-state index is 6.65. The van der Waals surface area contributed by atoms with Gasteiger partial charge in [0, 0.05) is 18.2 Å². The fourth-order valence-electron chi connectivity index (χ4n) is 2.71. The molecule has 2 rings (SSSR count). The van der Waals surface area contributed by atoms with Crippen LogP contribution in [-0.2, 0) is 13.9 Å². The molecule has 0 spiro atoms. The second-order valence-corrected chi connectivity index (χ2v) is 16.1. The van der Waals surface area contributed by atoms with Crippen molar-refractivity contribution < 1.29 is 13.9 Å². The SMILES string of the molecule is CC(C)(C)/C(=C\CO[C@@H]1CCCO[C@H]1Sc1ccccn1)O[Si](C)(C)C(C)(C)C. The molecule has 29 heavy (non-hydrogen) atoms. The van der Waals surface area contributed by atoms with Crippen LogP contribution >= 0.6 is 11.8 Å². The summed E-state index contributed by atoms with van der Waals surface area (Å²) in [6.45, 7) is 19.3. The third kappa shape index (κ3) is 7.42. The molecule has 0 radical (unpaired) electrons. The number of allylic oxidation sites excluding steroid dienone is 1. The first-order valence-corrected chi connectivity index (χ1v) is 14.4. The van der Waals surface area contributed by atoms with E-state index in [9.17, 15) is 0 Å². The van der Waals surface area contributed by atoms with Crippen LogP contribution in [0.25, 0.3) is 0 Å². The first-order chi connectivity index (χ1) is 13.4. The predicted molar refractivity (Wildman–Crippen MR) is 125 cm³/mol. The lowest BCUT2D eigenvalue weighted by Gasteiger charge is -2.40. The van der Waals surface area contributed by atoms with Gasteiger partial charge in [0.15, 0.2) is 0 Å². The summed E-state index contributed by atoms with van der Waals surface area (Å²) in [7, 11) is -1.89. The molecule has 2 heterocycles. The van der Waals surface area contributed by atoms with Gasteiger partial charge in [-0.25, -0.2) is 4.98 Å². The minimum Gasteiger partial charge on any atom is -0.546 e. The molecular formula is C23H39NO3SSi. The Morgan fingerprint density at radius 2 is 1.97 bits per heavy atom. The average Bonchev–Trinajstić information content (AvgIpc) is 2.61. The van der Waals surface area contributed by atoms with Gasteiger partial charge < -0.3 is 13.9 Å². The molecule has 1 saturated heterocycles. The molecule has 6 heteroatoms. The molecule has 1 aromatic rings. The number of thioether (sulfide) groups is 1. The van der Waals surface area contributed by atoms with E-state index in [1.54, 1.807) is 11.8 Å². The molecule has 0 unspecified atom stereocenters. The zero-order valence-corrected chi connectivity index (χ0v) is 21.3. The second kappa shape index (κ2) is 9.99. The fraction of sp³-hybridized carbons (Fsp3) is 0.696. The van der Waals surface area contributed by atoms with E-state index in [0.29, 0.717) is 6.61 Å². The normalized spacial score (nSPS) is 21.9. The van der Waals surface area contributed by atoms with E-state index >= 15 is 0 Å². The van der Waals surface area contributed by atoms with E-state index in [1.807, 2.05) is 24.4 Å². The lowest BCUT2D eigenvalue weighted by atomic mass is 9.94. The highest BCUT2D eigenvalue weighted by molar-refractivity contribution is 7.99. The summed E-state index contributed by atoms with van der Waals surface area (Å²) in [5, 5.41) is 1.14. The zero-order valence-electron chi connectivity index (χ0n) is 19.5. The summed E-state index contributed by atoms with van der Waals surface area (Å²) in [5.74, 6) is 1.04. The van der Waals surface area contributed by atoms with Gasteiger partial charge in [0.2, 0.25) is 8.32 Å². The van der Waals surface area contributed by atoms with E-state index < -0.39 is 8.32 Å². The summed E-state index contributed by atoms with van der Waals surface area (Å²) >= 11 is 1.65. The van der Waals surface area contributed by atoms with Crippen LogP contribution in [0.3, 0.4) is 0 Å². The van der Waals surface area contributed by atoms with Crippen molar-refractivity contribution in [3.05, 3.63) is 36.2 Å². The average molecular weight is 438 g/mol. The minimum atomic E-state index is -1.89. The van der Waals surface area contributed by atoms with Crippen LogP contribution in [0.2, 0.25) is 18.1 Å². The van der Waals surface area contributed by atoms with Crippen molar-refractivity contribution in [1.29, 1.82) is 0 Å². The molecule has 0 bridgehead atoms. The fourth-order valence-corrected chi connectivity index (χ4v) is 5.00. The van der Waals surface area contributed by atoms with Crippen molar-refractivity contribution in [2.24, 2.45) is 5.41 Å². The van der Waals surface area contributed by atoms with Crippen LogP contribution in [0.15, 0.2) is 41.3 Å². The maximum Gasteiger partial charge on any atom is 0.250 e. The second-order valence-electron chi connectivity index (χ2n) is 10.2. The first-order valence-electron chi connectivity index (χ1n) is 10.6. The number of rotatable bonds is 7. The highest BCUT2D eigenvalue weighted by Crippen LogP contribution is 2.41. The van der Waals surface area contributed by atoms with E-state index in [4.69, 9.17) is 13.9 Å². The van der Waals surface area contributed by atoms with Gasteiger partial charge >= 0.3 is 0 Å². The molecule has 0 aromatic carbocycles. The maximum atomic E-state index is 6.65. The number of pyridine rings is 1. The van der Waals surface area contributed by atoms with Crippen molar-refractivity contribution in [2.45, 2.75) is 89.1 Å². The molecule has 1 aliphatic heterocycles. The number of hydrogen-bond donors (Lipinski definition) is 0. The Labute approximate surface area is 182 Å². The number of nitrogens with zero attached hydrogens (tertiary/aromatic N) is 1.